The summed E-state index contributed by atoms with van der Waals surface area (Å²) in [6, 6.07) is 7.29. The maximum absolute atomic E-state index is 13.1. The van der Waals surface area contributed by atoms with Gasteiger partial charge in [0.05, 0.1) is 36.5 Å². The van der Waals surface area contributed by atoms with Crippen LogP contribution < -0.4 is 15.4 Å². The van der Waals surface area contributed by atoms with Gasteiger partial charge >= 0.3 is 6.03 Å². The maximum atomic E-state index is 13.1. The number of likely N-dealkylation sites (tertiary alicyclic amines) is 1. The Hall–Kier alpha value is -2.30. The van der Waals surface area contributed by atoms with Gasteiger partial charge in [-0.3, -0.25) is 25.1 Å². The second-order valence-corrected chi connectivity index (χ2v) is 9.57. The van der Waals surface area contributed by atoms with Crippen molar-refractivity contribution in [3.05, 3.63) is 29.8 Å². The number of hydrogen-bond donors (Lipinski definition) is 2. The molecule has 3 aliphatic heterocycles. The summed E-state index contributed by atoms with van der Waals surface area (Å²) in [5, 5.41) is 6.57. The third-order valence-corrected chi connectivity index (χ3v) is 7.70. The molecule has 3 saturated heterocycles. The lowest BCUT2D eigenvalue weighted by Gasteiger charge is -2.50. The van der Waals surface area contributed by atoms with E-state index < -0.39 is 12.1 Å². The predicted octanol–water partition coefficient (Wildman–Crippen LogP) is 1.42. The van der Waals surface area contributed by atoms with Crippen LogP contribution in [0.4, 0.5) is 4.79 Å². The highest BCUT2D eigenvalue weighted by Crippen LogP contribution is 2.36. The molecule has 3 fully saturated rings. The van der Waals surface area contributed by atoms with Gasteiger partial charge in [0.15, 0.2) is 0 Å². The number of piperidine rings is 1. The zero-order valence-electron chi connectivity index (χ0n) is 18.7. The number of fused-ring (bicyclic) bond motifs is 1. The van der Waals surface area contributed by atoms with Gasteiger partial charge in [0, 0.05) is 32.7 Å². The number of benzene rings is 1. The van der Waals surface area contributed by atoms with E-state index in [-0.39, 0.29) is 35.1 Å². The molecule has 32 heavy (non-hydrogen) atoms. The standard InChI is InChI=1S/C22H31N5O4S/c1-25-19-17(21(29)26(2)22(25)30)20(32-13-16(28)27-11-7-4-8-12-27)24-18(23-19)14-9-5-6-10-15(14)31-3/h5-6,9-10,17-20,23-24H,4,7-8,11-13H2,1-3H3. The number of ether oxygens (including phenoxy) is 1. The van der Waals surface area contributed by atoms with Gasteiger partial charge in [0.1, 0.15) is 5.75 Å². The van der Waals surface area contributed by atoms with Crippen LogP contribution in [-0.4, -0.2) is 84.1 Å². The minimum atomic E-state index is -0.521. The Balaban J connectivity index is 1.58. The van der Waals surface area contributed by atoms with Gasteiger partial charge in [-0.15, -0.1) is 11.8 Å². The zero-order chi connectivity index (χ0) is 22.8. The fraction of sp³-hybridized carbons (Fsp3) is 0.591. The molecule has 0 bridgehead atoms. The van der Waals surface area contributed by atoms with Crippen molar-refractivity contribution in [1.82, 2.24) is 25.3 Å². The van der Waals surface area contributed by atoms with Crippen LogP contribution in [0.2, 0.25) is 0 Å². The van der Waals surface area contributed by atoms with Crippen molar-refractivity contribution in [3.63, 3.8) is 0 Å². The Morgan fingerprint density at radius 3 is 2.56 bits per heavy atom. The number of nitrogens with zero attached hydrogens (tertiary/aromatic N) is 3. The van der Waals surface area contributed by atoms with Crippen molar-refractivity contribution in [3.8, 4) is 5.75 Å². The molecule has 1 aromatic rings. The maximum Gasteiger partial charge on any atom is 0.327 e. The number of imide groups is 1. The number of amides is 4. The van der Waals surface area contributed by atoms with Gasteiger partial charge in [0.2, 0.25) is 11.8 Å². The molecule has 9 nitrogen and oxygen atoms in total. The highest BCUT2D eigenvalue weighted by molar-refractivity contribution is 8.00. The second-order valence-electron chi connectivity index (χ2n) is 8.44. The van der Waals surface area contributed by atoms with E-state index in [0.29, 0.717) is 5.75 Å². The van der Waals surface area contributed by atoms with Gasteiger partial charge in [-0.1, -0.05) is 18.2 Å². The third-order valence-electron chi connectivity index (χ3n) is 6.50. The molecule has 0 aromatic heterocycles. The summed E-state index contributed by atoms with van der Waals surface area (Å²) in [6.45, 7) is 1.60. The molecular weight excluding hydrogens is 430 g/mol. The molecule has 0 spiro atoms. The summed E-state index contributed by atoms with van der Waals surface area (Å²) in [5.74, 6) is 0.319. The van der Waals surface area contributed by atoms with Crippen LogP contribution in [0.3, 0.4) is 0 Å². The fourth-order valence-electron chi connectivity index (χ4n) is 4.68. The molecule has 0 aliphatic carbocycles. The largest absolute Gasteiger partial charge is 0.496 e. The van der Waals surface area contributed by atoms with Crippen molar-refractivity contribution in [2.45, 2.75) is 37.0 Å². The second kappa shape index (κ2) is 9.68. The van der Waals surface area contributed by atoms with Crippen LogP contribution in [0.5, 0.6) is 5.75 Å². The lowest BCUT2D eigenvalue weighted by Crippen LogP contribution is -2.72. The van der Waals surface area contributed by atoms with Gasteiger partial charge in [0.25, 0.3) is 0 Å². The van der Waals surface area contributed by atoms with E-state index in [1.54, 1.807) is 19.1 Å². The van der Waals surface area contributed by atoms with Crippen LogP contribution in [0.25, 0.3) is 0 Å². The van der Waals surface area contributed by atoms with Crippen molar-refractivity contribution >= 4 is 29.6 Å². The smallest absolute Gasteiger partial charge is 0.327 e. The summed E-state index contributed by atoms with van der Waals surface area (Å²) in [7, 11) is 4.81. The number of methoxy groups -OCH3 is 1. The molecule has 0 radical (unpaired) electrons. The lowest BCUT2D eigenvalue weighted by molar-refractivity contribution is -0.140. The molecule has 10 heteroatoms. The molecule has 4 rings (SSSR count). The molecule has 174 valence electrons. The molecule has 0 saturated carbocycles. The molecule has 4 amide bonds. The summed E-state index contributed by atoms with van der Waals surface area (Å²) < 4.78 is 5.53. The van der Waals surface area contributed by atoms with Crippen LogP contribution in [0.15, 0.2) is 24.3 Å². The summed E-state index contributed by atoms with van der Waals surface area (Å²) in [4.78, 5) is 43.2. The van der Waals surface area contributed by atoms with Crippen LogP contribution in [0.1, 0.15) is 31.0 Å². The normalized spacial score (nSPS) is 28.5. The number of para-hydroxylation sites is 1. The van der Waals surface area contributed by atoms with Crippen LogP contribution in [-0.2, 0) is 9.59 Å². The van der Waals surface area contributed by atoms with E-state index >= 15 is 0 Å². The van der Waals surface area contributed by atoms with Crippen molar-refractivity contribution < 1.29 is 19.1 Å². The molecule has 3 heterocycles. The first-order valence-corrected chi connectivity index (χ1v) is 12.1. The first-order chi connectivity index (χ1) is 15.4. The predicted molar refractivity (Wildman–Crippen MR) is 122 cm³/mol. The highest BCUT2D eigenvalue weighted by atomic mass is 32.2. The summed E-state index contributed by atoms with van der Waals surface area (Å²) in [6.07, 6.45) is 2.40. The number of thioether (sulfide) groups is 1. The number of carbonyl (C=O) groups excluding carboxylic acids is 3. The number of urea groups is 1. The monoisotopic (exact) mass is 461 g/mol. The first kappa shape index (κ1) is 22.9. The van der Waals surface area contributed by atoms with E-state index in [1.165, 1.54) is 18.8 Å². The molecule has 4 atom stereocenters. The summed E-state index contributed by atoms with van der Waals surface area (Å²) in [5.41, 5.74) is 0.883. The van der Waals surface area contributed by atoms with E-state index in [4.69, 9.17) is 4.74 Å². The van der Waals surface area contributed by atoms with E-state index in [0.717, 1.165) is 42.8 Å². The number of carbonyl (C=O) groups is 3. The molecule has 2 N–H and O–H groups in total. The molecular formula is C22H31N5O4S. The van der Waals surface area contributed by atoms with Gasteiger partial charge in [-0.05, 0) is 25.3 Å². The van der Waals surface area contributed by atoms with E-state index in [2.05, 4.69) is 10.6 Å². The fourth-order valence-corrected chi connectivity index (χ4v) is 5.89. The number of rotatable bonds is 5. The zero-order valence-corrected chi connectivity index (χ0v) is 19.6. The summed E-state index contributed by atoms with van der Waals surface area (Å²) >= 11 is 1.44. The Morgan fingerprint density at radius 1 is 1.12 bits per heavy atom. The molecule has 1 aromatic carbocycles. The average Bonchev–Trinajstić information content (AvgIpc) is 2.84. The van der Waals surface area contributed by atoms with Gasteiger partial charge < -0.3 is 14.5 Å². The van der Waals surface area contributed by atoms with Gasteiger partial charge in [-0.2, -0.15) is 0 Å². The SMILES string of the molecule is COc1ccccc1C1NC(SCC(=O)N2CCCCC2)C2C(=O)N(C)C(=O)N(C)C2N1. The highest BCUT2D eigenvalue weighted by Gasteiger charge is 2.51. The van der Waals surface area contributed by atoms with Crippen LogP contribution in [0, 0.1) is 5.92 Å². The Labute approximate surface area is 192 Å². The van der Waals surface area contributed by atoms with Crippen molar-refractivity contribution in [2.24, 2.45) is 5.92 Å². The molecule has 4 unspecified atom stereocenters. The topological polar surface area (TPSA) is 94.2 Å². The van der Waals surface area contributed by atoms with Crippen LogP contribution >= 0.6 is 11.8 Å². The molecule has 3 aliphatic rings. The minimum absolute atomic E-state index is 0.0986. The Morgan fingerprint density at radius 2 is 1.84 bits per heavy atom. The van der Waals surface area contributed by atoms with Gasteiger partial charge in [-0.25, -0.2) is 4.79 Å². The Kier molecular flexibility index (Phi) is 6.92. The lowest BCUT2D eigenvalue weighted by atomic mass is 9.95. The van der Waals surface area contributed by atoms with Crippen molar-refractivity contribution in [1.29, 1.82) is 0 Å². The van der Waals surface area contributed by atoms with Crippen molar-refractivity contribution in [2.75, 3.05) is 40.0 Å². The first-order valence-electron chi connectivity index (χ1n) is 11.0. The number of hydrogen-bond acceptors (Lipinski definition) is 7. The quantitative estimate of drug-likeness (QED) is 0.685. The number of nitrogens with one attached hydrogen (secondary N) is 2. The van der Waals surface area contributed by atoms with E-state index in [9.17, 15) is 14.4 Å². The Bertz CT molecular complexity index is 878. The minimum Gasteiger partial charge on any atom is -0.496 e. The van der Waals surface area contributed by atoms with E-state index in [1.807, 2.05) is 29.2 Å². The third kappa shape index (κ3) is 4.31. The average molecular weight is 462 g/mol.